The van der Waals surface area contributed by atoms with E-state index in [0.717, 1.165) is 28.1 Å². The van der Waals surface area contributed by atoms with Gasteiger partial charge in [0.05, 0.1) is 10.7 Å². The molecule has 5 rings (SSSR count). The van der Waals surface area contributed by atoms with Gasteiger partial charge >= 0.3 is 0 Å². The zero-order valence-electron chi connectivity index (χ0n) is 16.3. The third kappa shape index (κ3) is 3.86. The smallest absolute Gasteiger partial charge is 0.141 e. The molecule has 3 aromatic carbocycles. The van der Waals surface area contributed by atoms with Gasteiger partial charge in [-0.05, 0) is 36.4 Å². The first-order valence-electron chi connectivity index (χ1n) is 9.73. The Kier molecular flexibility index (Phi) is 5.06. The number of hydrogen-bond donors (Lipinski definition) is 0. The molecule has 0 atom stereocenters. The van der Waals surface area contributed by atoms with Gasteiger partial charge in [0.1, 0.15) is 23.0 Å². The van der Waals surface area contributed by atoms with Crippen LogP contribution in [0.15, 0.2) is 101 Å². The molecule has 0 spiro atoms. The highest BCUT2D eigenvalue weighted by atomic mass is 35.5. The molecule has 5 heteroatoms. The Balaban J connectivity index is 1.64. The average molecular weight is 427 g/mol. The maximum absolute atomic E-state index is 13.6. The van der Waals surface area contributed by atoms with Crippen LogP contribution >= 0.6 is 11.6 Å². The first-order valence-corrected chi connectivity index (χ1v) is 10.1. The summed E-state index contributed by atoms with van der Waals surface area (Å²) >= 11 is 5.95. The van der Waals surface area contributed by atoms with Crippen LogP contribution in [0.25, 0.3) is 45.2 Å². The van der Waals surface area contributed by atoms with E-state index in [-0.39, 0.29) is 5.02 Å². The number of benzene rings is 3. The summed E-state index contributed by atoms with van der Waals surface area (Å²) in [7, 11) is 0. The van der Waals surface area contributed by atoms with Crippen LogP contribution in [0.2, 0.25) is 5.02 Å². The highest BCUT2D eigenvalue weighted by molar-refractivity contribution is 6.31. The second-order valence-electron chi connectivity index (χ2n) is 7.02. The summed E-state index contributed by atoms with van der Waals surface area (Å²) in [5.41, 5.74) is 4.89. The molecular weight excluding hydrogens is 411 g/mol. The average Bonchev–Trinajstić information content (AvgIpc) is 3.32. The fourth-order valence-electron chi connectivity index (χ4n) is 3.43. The van der Waals surface area contributed by atoms with Gasteiger partial charge in [0.15, 0.2) is 0 Å². The molecule has 0 aliphatic carbocycles. The fraction of sp³-hybridized carbons (Fsp3) is 0. The molecule has 2 aromatic heterocycles. The van der Waals surface area contributed by atoms with E-state index in [0.29, 0.717) is 17.1 Å². The van der Waals surface area contributed by atoms with Crippen LogP contribution in [0.1, 0.15) is 0 Å². The first-order chi connectivity index (χ1) is 15.2. The van der Waals surface area contributed by atoms with Gasteiger partial charge in [0, 0.05) is 22.3 Å². The summed E-state index contributed by atoms with van der Waals surface area (Å²) in [5.74, 6) is 0.768. The van der Waals surface area contributed by atoms with E-state index in [4.69, 9.17) is 16.0 Å². The highest BCUT2D eigenvalue weighted by Gasteiger charge is 2.16. The maximum Gasteiger partial charge on any atom is 0.141 e. The second kappa shape index (κ2) is 8.17. The molecule has 0 bridgehead atoms. The van der Waals surface area contributed by atoms with E-state index < -0.39 is 5.82 Å². The summed E-state index contributed by atoms with van der Waals surface area (Å²) in [4.78, 5) is 0. The summed E-state index contributed by atoms with van der Waals surface area (Å²) in [6.07, 6.45) is 0. The number of hydrogen-bond acceptors (Lipinski definition) is 3. The van der Waals surface area contributed by atoms with Crippen LogP contribution in [0.5, 0.6) is 0 Å². The van der Waals surface area contributed by atoms with E-state index in [1.54, 1.807) is 12.1 Å². The minimum Gasteiger partial charge on any atom is -0.456 e. The molecule has 0 N–H and O–H groups in total. The first kappa shape index (κ1) is 19.2. The zero-order valence-corrected chi connectivity index (χ0v) is 17.1. The molecule has 2 heterocycles. The van der Waals surface area contributed by atoms with Gasteiger partial charge in [-0.15, -0.1) is 10.2 Å². The Bertz CT molecular complexity index is 1350. The van der Waals surface area contributed by atoms with Crippen LogP contribution in [0, 0.1) is 5.82 Å². The normalized spacial score (nSPS) is 10.9. The minimum atomic E-state index is -0.464. The standard InChI is InChI=1S/C26H16ClFN2O/c27-21-15-19(11-12-22(21)28)24-13-14-25(31-24)20-16-23(17-7-3-1-4-8-17)29-30-26(20)18-9-5-2-6-10-18/h1-16H. The monoisotopic (exact) mass is 426 g/mol. The van der Waals surface area contributed by atoms with E-state index in [1.807, 2.05) is 78.9 Å². The summed E-state index contributed by atoms with van der Waals surface area (Å²) < 4.78 is 19.7. The van der Waals surface area contributed by atoms with Gasteiger partial charge in [-0.2, -0.15) is 0 Å². The molecule has 0 radical (unpaired) electrons. The predicted octanol–water partition coefficient (Wildman–Crippen LogP) is 7.53. The van der Waals surface area contributed by atoms with Crippen molar-refractivity contribution >= 4 is 11.6 Å². The van der Waals surface area contributed by atoms with Crippen LogP contribution in [-0.4, -0.2) is 10.2 Å². The van der Waals surface area contributed by atoms with Gasteiger partial charge in [-0.3, -0.25) is 0 Å². The van der Waals surface area contributed by atoms with Gasteiger partial charge in [-0.25, -0.2) is 4.39 Å². The van der Waals surface area contributed by atoms with Crippen molar-refractivity contribution in [2.24, 2.45) is 0 Å². The Morgan fingerprint density at radius 1 is 0.645 bits per heavy atom. The largest absolute Gasteiger partial charge is 0.456 e. The van der Waals surface area contributed by atoms with Crippen LogP contribution in [-0.2, 0) is 0 Å². The van der Waals surface area contributed by atoms with Crippen molar-refractivity contribution in [3.63, 3.8) is 0 Å². The van der Waals surface area contributed by atoms with Crippen molar-refractivity contribution in [1.29, 1.82) is 0 Å². The lowest BCUT2D eigenvalue weighted by molar-refractivity contribution is 0.596. The second-order valence-corrected chi connectivity index (χ2v) is 7.42. The van der Waals surface area contributed by atoms with E-state index in [1.165, 1.54) is 6.07 Å². The fourth-order valence-corrected chi connectivity index (χ4v) is 3.61. The number of rotatable bonds is 4. The van der Waals surface area contributed by atoms with Gasteiger partial charge in [-0.1, -0.05) is 72.3 Å². The summed E-state index contributed by atoms with van der Waals surface area (Å²) in [6.45, 7) is 0. The van der Waals surface area contributed by atoms with Gasteiger partial charge in [0.2, 0.25) is 0 Å². The van der Waals surface area contributed by atoms with E-state index in [2.05, 4.69) is 10.2 Å². The number of aromatic nitrogens is 2. The molecule has 5 aromatic rings. The van der Waals surface area contributed by atoms with Crippen LogP contribution in [0.4, 0.5) is 4.39 Å². The molecule has 0 saturated carbocycles. The lowest BCUT2D eigenvalue weighted by Gasteiger charge is -2.09. The number of nitrogens with zero attached hydrogens (tertiary/aromatic N) is 2. The molecule has 3 nitrogen and oxygen atoms in total. The van der Waals surface area contributed by atoms with Crippen LogP contribution < -0.4 is 0 Å². The van der Waals surface area contributed by atoms with Crippen molar-refractivity contribution in [3.05, 3.63) is 108 Å². The van der Waals surface area contributed by atoms with Gasteiger partial charge < -0.3 is 4.42 Å². The molecule has 0 aliphatic heterocycles. The van der Waals surface area contributed by atoms with E-state index in [9.17, 15) is 4.39 Å². The minimum absolute atomic E-state index is 0.0531. The third-order valence-corrected chi connectivity index (χ3v) is 5.28. The Morgan fingerprint density at radius 2 is 1.32 bits per heavy atom. The number of furan rings is 1. The predicted molar refractivity (Wildman–Crippen MR) is 121 cm³/mol. The Hall–Kier alpha value is -3.76. The topological polar surface area (TPSA) is 38.9 Å². The van der Waals surface area contributed by atoms with Crippen LogP contribution in [0.3, 0.4) is 0 Å². The Labute approximate surface area is 183 Å². The summed E-state index contributed by atoms with van der Waals surface area (Å²) in [6, 6.07) is 29.9. The molecular formula is C26H16ClFN2O. The highest BCUT2D eigenvalue weighted by Crippen LogP contribution is 2.36. The molecule has 0 fully saturated rings. The molecule has 0 aliphatic rings. The van der Waals surface area contributed by atoms with Crippen molar-refractivity contribution in [2.75, 3.05) is 0 Å². The maximum atomic E-state index is 13.6. The SMILES string of the molecule is Fc1ccc(-c2ccc(-c3cc(-c4ccccc4)nnc3-c3ccccc3)o2)cc1Cl. The van der Waals surface area contributed by atoms with Gasteiger partial charge in [0.25, 0.3) is 0 Å². The summed E-state index contributed by atoms with van der Waals surface area (Å²) in [5, 5.41) is 9.03. The lowest BCUT2D eigenvalue weighted by Crippen LogP contribution is -1.95. The van der Waals surface area contributed by atoms with Crippen molar-refractivity contribution in [1.82, 2.24) is 10.2 Å². The van der Waals surface area contributed by atoms with Crippen molar-refractivity contribution in [2.45, 2.75) is 0 Å². The molecule has 150 valence electrons. The molecule has 0 unspecified atom stereocenters. The third-order valence-electron chi connectivity index (χ3n) is 4.99. The Morgan fingerprint density at radius 3 is 2.03 bits per heavy atom. The quantitative estimate of drug-likeness (QED) is 0.298. The zero-order chi connectivity index (χ0) is 21.2. The van der Waals surface area contributed by atoms with E-state index >= 15 is 0 Å². The number of halogens is 2. The molecule has 0 amide bonds. The molecule has 0 saturated heterocycles. The van der Waals surface area contributed by atoms with Crippen molar-refractivity contribution < 1.29 is 8.81 Å². The van der Waals surface area contributed by atoms with Crippen molar-refractivity contribution in [3.8, 4) is 45.2 Å². The lowest BCUT2D eigenvalue weighted by atomic mass is 10.0. The molecule has 31 heavy (non-hydrogen) atoms.